The Hall–Kier alpha value is -2.16. The van der Waals surface area contributed by atoms with Gasteiger partial charge >= 0.3 is 5.97 Å². The lowest BCUT2D eigenvalue weighted by Gasteiger charge is -2.13. The Morgan fingerprint density at radius 2 is 1.77 bits per heavy atom. The molecule has 0 spiro atoms. The normalized spacial score (nSPS) is 12.3. The fourth-order valence-corrected chi connectivity index (χ4v) is 2.80. The maximum absolute atomic E-state index is 12.4. The number of rotatable bonds is 6. The second kappa shape index (κ2) is 8.03. The Balaban J connectivity index is 2.06. The molecule has 0 aliphatic heterocycles. The molecule has 1 aromatic carbocycles. The zero-order valence-corrected chi connectivity index (χ0v) is 16.0. The van der Waals surface area contributed by atoms with Crippen LogP contribution in [0.1, 0.15) is 27.6 Å². The van der Waals surface area contributed by atoms with E-state index < -0.39 is 27.9 Å². The van der Waals surface area contributed by atoms with Gasteiger partial charge in [-0.3, -0.25) is 9.52 Å². The summed E-state index contributed by atoms with van der Waals surface area (Å²) in [6.07, 6.45) is 1.15. The van der Waals surface area contributed by atoms with Crippen LogP contribution in [0.15, 0.2) is 36.5 Å². The molecule has 26 heavy (non-hydrogen) atoms. The van der Waals surface area contributed by atoms with E-state index in [0.29, 0.717) is 5.69 Å². The van der Waals surface area contributed by atoms with Gasteiger partial charge in [-0.15, -0.1) is 0 Å². The largest absolute Gasteiger partial charge is 0.451 e. The number of aromatic nitrogens is 1. The summed E-state index contributed by atoms with van der Waals surface area (Å²) in [6.45, 7) is 1.42. The number of Topliss-reactive ketones (excluding diaryl/α,β-unsaturated/α-hetero) is 1. The number of benzene rings is 1. The van der Waals surface area contributed by atoms with Crippen LogP contribution in [0.5, 0.6) is 0 Å². The molecular formula is C16H14Cl2N2O5S. The van der Waals surface area contributed by atoms with Gasteiger partial charge in [-0.05, 0) is 37.3 Å². The molecule has 1 unspecified atom stereocenters. The summed E-state index contributed by atoms with van der Waals surface area (Å²) in [7, 11) is -3.41. The predicted octanol–water partition coefficient (Wildman–Crippen LogP) is 3.19. The molecule has 10 heteroatoms. The standard InChI is InChI=1S/C16H14Cl2N2O5S/c1-9(25-16(22)11-7-13(17)15(18)19-8-11)14(21)10-3-5-12(6-4-10)20-26(2,23)24/h3-9,20H,1-2H3. The van der Waals surface area contributed by atoms with E-state index in [1.54, 1.807) is 0 Å². The number of pyridine rings is 1. The lowest BCUT2D eigenvalue weighted by molar-refractivity contribution is 0.0318. The zero-order chi connectivity index (χ0) is 19.5. The van der Waals surface area contributed by atoms with Crippen molar-refractivity contribution < 1.29 is 22.7 Å². The lowest BCUT2D eigenvalue weighted by atomic mass is 10.1. The third-order valence-corrected chi connectivity index (χ3v) is 4.45. The first-order valence-electron chi connectivity index (χ1n) is 7.21. The predicted molar refractivity (Wildman–Crippen MR) is 98.4 cm³/mol. The number of nitrogens with zero attached hydrogens (tertiary/aromatic N) is 1. The van der Waals surface area contributed by atoms with Crippen molar-refractivity contribution in [1.29, 1.82) is 0 Å². The van der Waals surface area contributed by atoms with Crippen molar-refractivity contribution in [1.82, 2.24) is 4.98 Å². The van der Waals surface area contributed by atoms with Crippen LogP contribution in [-0.2, 0) is 14.8 Å². The molecule has 1 N–H and O–H groups in total. The number of carbonyl (C=O) groups is 2. The quantitative estimate of drug-likeness (QED) is 0.440. The van der Waals surface area contributed by atoms with Gasteiger partial charge in [0.1, 0.15) is 5.15 Å². The number of halogens is 2. The topological polar surface area (TPSA) is 102 Å². The van der Waals surface area contributed by atoms with E-state index in [0.717, 1.165) is 6.26 Å². The maximum atomic E-state index is 12.4. The molecule has 0 saturated heterocycles. The fourth-order valence-electron chi connectivity index (χ4n) is 1.97. The van der Waals surface area contributed by atoms with Crippen LogP contribution in [0.4, 0.5) is 5.69 Å². The second-order valence-electron chi connectivity index (χ2n) is 5.36. The molecule has 1 atom stereocenters. The molecule has 0 saturated carbocycles. The molecule has 0 fully saturated rings. The molecule has 0 aliphatic carbocycles. The van der Waals surface area contributed by atoms with Gasteiger partial charge in [-0.2, -0.15) is 0 Å². The highest BCUT2D eigenvalue weighted by Gasteiger charge is 2.21. The van der Waals surface area contributed by atoms with Gasteiger partial charge < -0.3 is 4.74 Å². The van der Waals surface area contributed by atoms with Gasteiger partial charge in [-0.25, -0.2) is 18.2 Å². The van der Waals surface area contributed by atoms with Crippen LogP contribution in [0.2, 0.25) is 10.2 Å². The average molecular weight is 417 g/mol. The Labute approximate surface area is 160 Å². The van der Waals surface area contributed by atoms with Crippen molar-refractivity contribution in [3.05, 3.63) is 57.8 Å². The molecule has 0 amide bonds. The minimum absolute atomic E-state index is 0.0511. The Morgan fingerprint density at radius 1 is 1.15 bits per heavy atom. The molecule has 2 rings (SSSR count). The first kappa shape index (κ1) is 20.2. The van der Waals surface area contributed by atoms with Crippen molar-refractivity contribution in [3.63, 3.8) is 0 Å². The summed E-state index contributed by atoms with van der Waals surface area (Å²) in [4.78, 5) is 28.2. The number of ketones is 1. The van der Waals surface area contributed by atoms with Crippen LogP contribution in [0.25, 0.3) is 0 Å². The highest BCUT2D eigenvalue weighted by molar-refractivity contribution is 7.92. The third kappa shape index (κ3) is 5.42. The lowest BCUT2D eigenvalue weighted by Crippen LogP contribution is -2.24. The van der Waals surface area contributed by atoms with Gasteiger partial charge in [-0.1, -0.05) is 23.2 Å². The summed E-state index contributed by atoms with van der Waals surface area (Å²) in [5.74, 6) is -1.22. The molecule has 1 heterocycles. The van der Waals surface area contributed by atoms with E-state index >= 15 is 0 Å². The van der Waals surface area contributed by atoms with Gasteiger partial charge in [0.25, 0.3) is 0 Å². The first-order valence-corrected chi connectivity index (χ1v) is 9.85. The van der Waals surface area contributed by atoms with E-state index in [4.69, 9.17) is 27.9 Å². The van der Waals surface area contributed by atoms with Crippen molar-refractivity contribution in [3.8, 4) is 0 Å². The van der Waals surface area contributed by atoms with Crippen molar-refractivity contribution >= 4 is 50.7 Å². The van der Waals surface area contributed by atoms with Gasteiger partial charge in [0.05, 0.1) is 16.8 Å². The molecule has 138 valence electrons. The summed E-state index contributed by atoms with van der Waals surface area (Å²) < 4.78 is 29.7. The summed E-state index contributed by atoms with van der Waals surface area (Å²) in [6, 6.07) is 7.03. The third-order valence-electron chi connectivity index (χ3n) is 3.16. The van der Waals surface area contributed by atoms with E-state index in [1.165, 1.54) is 43.5 Å². The Morgan fingerprint density at radius 3 is 2.31 bits per heavy atom. The number of ether oxygens (including phenoxy) is 1. The Bertz CT molecular complexity index is 946. The smallest absolute Gasteiger partial charge is 0.340 e. The zero-order valence-electron chi connectivity index (χ0n) is 13.7. The monoisotopic (exact) mass is 416 g/mol. The number of nitrogens with one attached hydrogen (secondary N) is 1. The highest BCUT2D eigenvalue weighted by atomic mass is 35.5. The van der Waals surface area contributed by atoms with E-state index in [2.05, 4.69) is 9.71 Å². The molecule has 0 radical (unpaired) electrons. The van der Waals surface area contributed by atoms with E-state index in [-0.39, 0.29) is 21.3 Å². The van der Waals surface area contributed by atoms with E-state index in [1.807, 2.05) is 0 Å². The Kier molecular flexibility index (Phi) is 6.22. The van der Waals surface area contributed by atoms with Crippen LogP contribution < -0.4 is 4.72 Å². The number of hydrogen-bond donors (Lipinski definition) is 1. The number of sulfonamides is 1. The van der Waals surface area contributed by atoms with Crippen LogP contribution in [0.3, 0.4) is 0 Å². The second-order valence-corrected chi connectivity index (χ2v) is 7.87. The van der Waals surface area contributed by atoms with Crippen LogP contribution in [-0.4, -0.2) is 37.5 Å². The van der Waals surface area contributed by atoms with Gasteiger partial charge in [0, 0.05) is 17.4 Å². The minimum Gasteiger partial charge on any atom is -0.451 e. The highest BCUT2D eigenvalue weighted by Crippen LogP contribution is 2.21. The molecule has 0 bridgehead atoms. The average Bonchev–Trinajstić information content (AvgIpc) is 2.55. The fraction of sp³-hybridized carbons (Fsp3) is 0.188. The summed E-state index contributed by atoms with van der Waals surface area (Å²) >= 11 is 11.5. The minimum atomic E-state index is -3.41. The SMILES string of the molecule is CC(OC(=O)c1cnc(Cl)c(Cl)c1)C(=O)c1ccc(NS(C)(=O)=O)cc1. The molecule has 0 aliphatic rings. The summed E-state index contributed by atoms with van der Waals surface area (Å²) in [5.41, 5.74) is 0.638. The van der Waals surface area contributed by atoms with Gasteiger partial charge in [0.15, 0.2) is 6.10 Å². The van der Waals surface area contributed by atoms with Gasteiger partial charge in [0.2, 0.25) is 15.8 Å². The van der Waals surface area contributed by atoms with Crippen LogP contribution >= 0.6 is 23.2 Å². The molecule has 7 nitrogen and oxygen atoms in total. The van der Waals surface area contributed by atoms with Crippen molar-refractivity contribution in [2.75, 3.05) is 11.0 Å². The number of carbonyl (C=O) groups excluding carboxylic acids is 2. The number of esters is 1. The first-order chi connectivity index (χ1) is 12.1. The summed E-state index contributed by atoms with van der Waals surface area (Å²) in [5, 5.41) is 0.143. The maximum Gasteiger partial charge on any atom is 0.340 e. The van der Waals surface area contributed by atoms with Crippen molar-refractivity contribution in [2.45, 2.75) is 13.0 Å². The molecule has 2 aromatic rings. The molecule has 1 aromatic heterocycles. The van der Waals surface area contributed by atoms with Crippen molar-refractivity contribution in [2.24, 2.45) is 0 Å². The number of anilines is 1. The number of hydrogen-bond acceptors (Lipinski definition) is 6. The van der Waals surface area contributed by atoms with E-state index in [9.17, 15) is 18.0 Å². The van der Waals surface area contributed by atoms with Crippen LogP contribution in [0, 0.1) is 0 Å². The molecular weight excluding hydrogens is 403 g/mol.